The lowest BCUT2D eigenvalue weighted by atomic mass is 10.1. The molecule has 0 N–H and O–H groups in total. The molecule has 2 rings (SSSR count). The van der Waals surface area contributed by atoms with Gasteiger partial charge in [0.2, 0.25) is 0 Å². The minimum absolute atomic E-state index is 0.207. The molecule has 2 heterocycles. The van der Waals surface area contributed by atoms with Gasteiger partial charge >= 0.3 is 0 Å². The lowest BCUT2D eigenvalue weighted by Gasteiger charge is -2.23. The molecule has 0 unspecified atom stereocenters. The van der Waals surface area contributed by atoms with Crippen LogP contribution in [0.1, 0.15) is 54.1 Å². The van der Waals surface area contributed by atoms with Gasteiger partial charge in [0.25, 0.3) is 11.5 Å². The maximum Gasteiger partial charge on any atom is 0.263 e. The van der Waals surface area contributed by atoms with Gasteiger partial charge in [-0.2, -0.15) is 0 Å². The van der Waals surface area contributed by atoms with Crippen LogP contribution in [0.15, 0.2) is 33.7 Å². The summed E-state index contributed by atoms with van der Waals surface area (Å²) in [7, 11) is 0. The molecule has 2 aromatic rings. The van der Waals surface area contributed by atoms with Crippen molar-refractivity contribution in [3.05, 3.63) is 57.4 Å². The second kappa shape index (κ2) is 7.99. The summed E-state index contributed by atoms with van der Waals surface area (Å²) in [5.74, 6) is 0.504. The fourth-order valence-corrected chi connectivity index (χ4v) is 2.93. The Bertz CT molecular complexity index is 745. The van der Waals surface area contributed by atoms with Crippen molar-refractivity contribution in [3.8, 4) is 0 Å². The van der Waals surface area contributed by atoms with Crippen LogP contribution in [-0.4, -0.2) is 21.9 Å². The second-order valence-electron chi connectivity index (χ2n) is 6.05. The number of rotatable bonds is 7. The van der Waals surface area contributed by atoms with Gasteiger partial charge in [-0.1, -0.05) is 13.3 Å². The van der Waals surface area contributed by atoms with E-state index in [1.807, 2.05) is 32.9 Å². The molecule has 0 fully saturated rings. The smallest absolute Gasteiger partial charge is 0.263 e. The minimum Gasteiger partial charge on any atom is -0.467 e. The Morgan fingerprint density at radius 3 is 2.62 bits per heavy atom. The van der Waals surface area contributed by atoms with Crippen LogP contribution in [0.4, 0.5) is 0 Å². The van der Waals surface area contributed by atoms with Gasteiger partial charge in [-0.3, -0.25) is 9.59 Å². The van der Waals surface area contributed by atoms with Crippen molar-refractivity contribution in [2.24, 2.45) is 0 Å². The molecule has 0 radical (unpaired) electrons. The predicted octanol–water partition coefficient (Wildman–Crippen LogP) is 3.52. The van der Waals surface area contributed by atoms with Crippen LogP contribution >= 0.6 is 0 Å². The van der Waals surface area contributed by atoms with Gasteiger partial charge in [-0.05, 0) is 51.0 Å². The Morgan fingerprint density at radius 2 is 2.04 bits per heavy atom. The summed E-state index contributed by atoms with van der Waals surface area (Å²) in [4.78, 5) is 27.5. The van der Waals surface area contributed by atoms with Crippen LogP contribution in [0.2, 0.25) is 0 Å². The maximum atomic E-state index is 13.1. The van der Waals surface area contributed by atoms with E-state index in [1.165, 1.54) is 0 Å². The first kappa shape index (κ1) is 18.0. The molecule has 0 saturated carbocycles. The molecule has 24 heavy (non-hydrogen) atoms. The molecule has 5 heteroatoms. The predicted molar refractivity (Wildman–Crippen MR) is 94.2 cm³/mol. The molecule has 0 atom stereocenters. The van der Waals surface area contributed by atoms with Crippen LogP contribution in [0.25, 0.3) is 0 Å². The second-order valence-corrected chi connectivity index (χ2v) is 6.05. The van der Waals surface area contributed by atoms with Gasteiger partial charge in [-0.15, -0.1) is 0 Å². The van der Waals surface area contributed by atoms with Crippen molar-refractivity contribution in [1.29, 1.82) is 0 Å². The van der Waals surface area contributed by atoms with Crippen molar-refractivity contribution < 1.29 is 9.21 Å². The number of amides is 1. The van der Waals surface area contributed by atoms with Crippen molar-refractivity contribution >= 4 is 5.91 Å². The number of aromatic nitrogens is 1. The van der Waals surface area contributed by atoms with Crippen molar-refractivity contribution in [2.75, 3.05) is 6.54 Å². The van der Waals surface area contributed by atoms with Gasteiger partial charge in [-0.25, -0.2) is 0 Å². The fraction of sp³-hybridized carbons (Fsp3) is 0.474. The van der Waals surface area contributed by atoms with Crippen LogP contribution in [0, 0.1) is 13.8 Å². The third-order valence-corrected chi connectivity index (χ3v) is 4.23. The van der Waals surface area contributed by atoms with Crippen molar-refractivity contribution in [3.63, 3.8) is 0 Å². The van der Waals surface area contributed by atoms with Gasteiger partial charge in [0.05, 0.1) is 12.8 Å². The van der Waals surface area contributed by atoms with Gasteiger partial charge in [0.15, 0.2) is 0 Å². The van der Waals surface area contributed by atoms with Crippen LogP contribution in [-0.2, 0) is 13.1 Å². The van der Waals surface area contributed by atoms with Crippen molar-refractivity contribution in [2.45, 2.75) is 53.6 Å². The van der Waals surface area contributed by atoms with E-state index in [2.05, 4.69) is 6.92 Å². The van der Waals surface area contributed by atoms with Gasteiger partial charge in [0, 0.05) is 18.8 Å². The van der Waals surface area contributed by atoms with Crippen LogP contribution in [0.5, 0.6) is 0 Å². The minimum atomic E-state index is -0.218. The molecular weight excluding hydrogens is 304 g/mol. The lowest BCUT2D eigenvalue weighted by Crippen LogP contribution is -2.38. The highest BCUT2D eigenvalue weighted by Gasteiger charge is 2.23. The Labute approximate surface area is 142 Å². The normalized spacial score (nSPS) is 10.8. The SMILES string of the molecule is CCCCN(Cc1ccco1)C(=O)c1c(C)cc(C)n(CC)c1=O. The molecule has 0 aliphatic carbocycles. The Balaban J connectivity index is 2.40. The zero-order valence-electron chi connectivity index (χ0n) is 15.0. The molecule has 0 aliphatic heterocycles. The van der Waals surface area contributed by atoms with Gasteiger partial charge in [0.1, 0.15) is 11.3 Å². The van der Waals surface area contributed by atoms with Crippen LogP contribution in [0.3, 0.4) is 0 Å². The number of carbonyl (C=O) groups is 1. The number of hydrogen-bond donors (Lipinski definition) is 0. The number of nitrogens with zero attached hydrogens (tertiary/aromatic N) is 2. The van der Waals surface area contributed by atoms with Crippen LogP contribution < -0.4 is 5.56 Å². The lowest BCUT2D eigenvalue weighted by molar-refractivity contribution is 0.0725. The third-order valence-electron chi connectivity index (χ3n) is 4.23. The summed E-state index contributed by atoms with van der Waals surface area (Å²) in [5, 5.41) is 0. The van der Waals surface area contributed by atoms with Gasteiger partial charge < -0.3 is 13.9 Å². The van der Waals surface area contributed by atoms with Crippen molar-refractivity contribution in [1.82, 2.24) is 9.47 Å². The van der Waals surface area contributed by atoms with E-state index in [0.717, 1.165) is 29.9 Å². The van der Waals surface area contributed by atoms with E-state index >= 15 is 0 Å². The number of hydrogen-bond acceptors (Lipinski definition) is 3. The van der Waals surface area contributed by atoms with E-state index in [-0.39, 0.29) is 17.0 Å². The number of unbranched alkanes of at least 4 members (excludes halogenated alkanes) is 1. The standard InChI is InChI=1S/C19H26N2O3/c1-5-7-10-20(13-16-9-8-11-24-16)18(22)17-14(3)12-15(4)21(6-2)19(17)23/h8-9,11-12H,5-7,10,13H2,1-4H3. The molecular formula is C19H26N2O3. The van der Waals surface area contributed by atoms with E-state index in [9.17, 15) is 9.59 Å². The molecule has 0 bridgehead atoms. The molecule has 0 saturated heterocycles. The maximum absolute atomic E-state index is 13.1. The zero-order valence-corrected chi connectivity index (χ0v) is 15.0. The molecule has 1 amide bonds. The number of furan rings is 1. The van der Waals surface area contributed by atoms with E-state index in [4.69, 9.17) is 4.42 Å². The first-order valence-corrected chi connectivity index (χ1v) is 8.52. The van der Waals surface area contributed by atoms with E-state index in [1.54, 1.807) is 21.8 Å². The number of aryl methyl sites for hydroxylation is 2. The molecule has 2 aromatic heterocycles. The summed E-state index contributed by atoms with van der Waals surface area (Å²) < 4.78 is 7.02. The Hall–Kier alpha value is -2.30. The van der Waals surface area contributed by atoms with E-state index in [0.29, 0.717) is 19.6 Å². The molecule has 0 aromatic carbocycles. The summed E-state index contributed by atoms with van der Waals surface area (Å²) in [6, 6.07) is 5.56. The topological polar surface area (TPSA) is 55.5 Å². The first-order valence-electron chi connectivity index (χ1n) is 8.52. The monoisotopic (exact) mass is 330 g/mol. The fourth-order valence-electron chi connectivity index (χ4n) is 2.93. The highest BCUT2D eigenvalue weighted by Crippen LogP contribution is 2.14. The summed E-state index contributed by atoms with van der Waals surface area (Å²) in [6.45, 7) is 9.25. The zero-order chi connectivity index (χ0) is 17.7. The quantitative estimate of drug-likeness (QED) is 0.780. The summed E-state index contributed by atoms with van der Waals surface area (Å²) in [5.41, 5.74) is 1.67. The van der Waals surface area contributed by atoms with E-state index < -0.39 is 0 Å². The number of pyridine rings is 1. The average Bonchev–Trinajstić information content (AvgIpc) is 3.04. The summed E-state index contributed by atoms with van der Waals surface area (Å²) >= 11 is 0. The average molecular weight is 330 g/mol. The molecule has 5 nitrogen and oxygen atoms in total. The Morgan fingerprint density at radius 1 is 1.29 bits per heavy atom. The Kier molecular flexibility index (Phi) is 6.01. The highest BCUT2D eigenvalue weighted by molar-refractivity contribution is 5.95. The highest BCUT2D eigenvalue weighted by atomic mass is 16.3. The molecule has 0 aliphatic rings. The largest absolute Gasteiger partial charge is 0.467 e. The first-order chi connectivity index (χ1) is 11.5. The molecule has 130 valence electrons. The third kappa shape index (κ3) is 3.78. The molecule has 0 spiro atoms. The summed E-state index contributed by atoms with van der Waals surface area (Å²) in [6.07, 6.45) is 3.46. The number of carbonyl (C=O) groups excluding carboxylic acids is 1.